The molecule has 0 atom stereocenters. The van der Waals surface area contributed by atoms with Crippen molar-refractivity contribution in [2.75, 3.05) is 0 Å². The fourth-order valence-corrected chi connectivity index (χ4v) is 1.32. The highest BCUT2D eigenvalue weighted by Crippen LogP contribution is 2.37. The van der Waals surface area contributed by atoms with Crippen molar-refractivity contribution in [2.24, 2.45) is 5.41 Å². The Morgan fingerprint density at radius 2 is 1.50 bits per heavy atom. The molecule has 0 saturated heterocycles. The molecule has 12 heavy (non-hydrogen) atoms. The molecule has 0 aromatic heterocycles. The largest absolute Gasteiger partial charge is 0.0994 e. The summed E-state index contributed by atoms with van der Waals surface area (Å²) in [6.45, 7) is 17.1. The molecule has 0 aromatic rings. The van der Waals surface area contributed by atoms with E-state index < -0.39 is 0 Å². The van der Waals surface area contributed by atoms with Crippen molar-refractivity contribution in [1.29, 1.82) is 0 Å². The van der Waals surface area contributed by atoms with Crippen molar-refractivity contribution in [3.8, 4) is 0 Å². The lowest BCUT2D eigenvalue weighted by molar-refractivity contribution is 0.535. The molecule has 0 aromatic carbocycles. The maximum absolute atomic E-state index is 4.08. The van der Waals surface area contributed by atoms with E-state index in [0.29, 0.717) is 0 Å². The summed E-state index contributed by atoms with van der Waals surface area (Å²) >= 11 is 1.80. The van der Waals surface area contributed by atoms with Gasteiger partial charge in [0.15, 0.2) is 0 Å². The van der Waals surface area contributed by atoms with Gasteiger partial charge in [-0.05, 0) is 36.0 Å². The Hall–Kier alpha value is -0.170. The number of thioether (sulfide) groups is 1. The third-order valence-corrected chi connectivity index (χ3v) is 3.39. The van der Waals surface area contributed by atoms with Crippen LogP contribution in [0, 0.1) is 5.41 Å². The molecule has 0 bridgehead atoms. The van der Waals surface area contributed by atoms with Gasteiger partial charge in [-0.25, -0.2) is 0 Å². The zero-order valence-corrected chi connectivity index (χ0v) is 9.93. The average Bonchev–Trinajstić information content (AvgIpc) is 1.85. The van der Waals surface area contributed by atoms with Gasteiger partial charge in [0, 0.05) is 0 Å². The van der Waals surface area contributed by atoms with E-state index in [1.807, 2.05) is 0 Å². The first kappa shape index (κ1) is 11.8. The maximum atomic E-state index is 4.08. The lowest BCUT2D eigenvalue weighted by atomic mass is 9.97. The van der Waals surface area contributed by atoms with Crippen LogP contribution in [0.3, 0.4) is 0 Å². The molecule has 0 nitrogen and oxygen atoms in total. The van der Waals surface area contributed by atoms with E-state index in [0.717, 1.165) is 0 Å². The zero-order valence-electron chi connectivity index (χ0n) is 9.12. The number of allylic oxidation sites excluding steroid dienone is 3. The second-order valence-electron chi connectivity index (χ2n) is 4.33. The van der Waals surface area contributed by atoms with Crippen molar-refractivity contribution < 1.29 is 0 Å². The van der Waals surface area contributed by atoms with Gasteiger partial charge >= 0.3 is 0 Å². The molecular weight excluding hydrogens is 164 g/mol. The Kier molecular flexibility index (Phi) is 4.12. The van der Waals surface area contributed by atoms with Crippen LogP contribution in [0.1, 0.15) is 41.5 Å². The maximum Gasteiger partial charge on any atom is -0.00745 e. The highest BCUT2D eigenvalue weighted by Gasteiger charge is 2.15. The van der Waals surface area contributed by atoms with Crippen LogP contribution in [0.4, 0.5) is 0 Å². The van der Waals surface area contributed by atoms with Crippen LogP contribution < -0.4 is 0 Å². The molecule has 0 aliphatic heterocycles. The highest BCUT2D eigenvalue weighted by molar-refractivity contribution is 8.06. The molecule has 0 unspecified atom stereocenters. The quantitative estimate of drug-likeness (QED) is 0.604. The molecule has 0 heterocycles. The molecule has 0 rings (SSSR count). The SMILES string of the molecule is C=C(SC(C)=C(C)C)C(C)(C)C. The van der Waals surface area contributed by atoms with E-state index in [1.165, 1.54) is 15.4 Å². The van der Waals surface area contributed by atoms with Crippen LogP contribution in [0.25, 0.3) is 0 Å². The molecule has 1 heteroatoms. The topological polar surface area (TPSA) is 0 Å². The summed E-state index contributed by atoms with van der Waals surface area (Å²) < 4.78 is 0. The van der Waals surface area contributed by atoms with Gasteiger partial charge in [0.25, 0.3) is 0 Å². The molecule has 0 N–H and O–H groups in total. The summed E-state index contributed by atoms with van der Waals surface area (Å²) in [5, 5.41) is 0. The Labute approximate surface area is 81.1 Å². The summed E-state index contributed by atoms with van der Waals surface area (Å²) in [7, 11) is 0. The van der Waals surface area contributed by atoms with Crippen LogP contribution in [-0.2, 0) is 0 Å². The number of rotatable bonds is 2. The average molecular weight is 184 g/mol. The number of hydrogen-bond donors (Lipinski definition) is 0. The Morgan fingerprint density at radius 1 is 1.08 bits per heavy atom. The van der Waals surface area contributed by atoms with E-state index in [1.54, 1.807) is 11.8 Å². The molecule has 0 fully saturated rings. The second kappa shape index (κ2) is 4.18. The van der Waals surface area contributed by atoms with Crippen molar-refractivity contribution in [3.63, 3.8) is 0 Å². The van der Waals surface area contributed by atoms with E-state index in [-0.39, 0.29) is 5.41 Å². The highest BCUT2D eigenvalue weighted by atomic mass is 32.2. The lowest BCUT2D eigenvalue weighted by Crippen LogP contribution is -2.05. The first-order valence-corrected chi connectivity index (χ1v) is 5.08. The van der Waals surface area contributed by atoms with Gasteiger partial charge in [0.05, 0.1) is 0 Å². The molecule has 0 amide bonds. The Bertz CT molecular complexity index is 200. The summed E-state index contributed by atoms with van der Waals surface area (Å²) in [6, 6.07) is 0. The second-order valence-corrected chi connectivity index (χ2v) is 5.64. The Morgan fingerprint density at radius 3 is 1.75 bits per heavy atom. The molecule has 0 saturated carbocycles. The molecule has 0 aliphatic rings. The third kappa shape index (κ3) is 4.01. The normalized spacial score (nSPS) is 11.2. The number of hydrogen-bond acceptors (Lipinski definition) is 1. The minimum atomic E-state index is 0.210. The van der Waals surface area contributed by atoms with Gasteiger partial charge in [-0.15, -0.1) is 0 Å². The zero-order chi connectivity index (χ0) is 9.94. The molecule has 0 radical (unpaired) electrons. The van der Waals surface area contributed by atoms with E-state index >= 15 is 0 Å². The van der Waals surface area contributed by atoms with E-state index in [4.69, 9.17) is 0 Å². The van der Waals surface area contributed by atoms with Crippen LogP contribution in [0.2, 0.25) is 0 Å². The van der Waals surface area contributed by atoms with Crippen LogP contribution in [0.5, 0.6) is 0 Å². The molecule has 0 aliphatic carbocycles. The predicted molar refractivity (Wildman–Crippen MR) is 60.2 cm³/mol. The fourth-order valence-electron chi connectivity index (χ4n) is 0.440. The third-order valence-electron chi connectivity index (χ3n) is 1.82. The predicted octanol–water partition coefficient (Wildman–Crippen LogP) is 4.59. The monoisotopic (exact) mass is 184 g/mol. The van der Waals surface area contributed by atoms with E-state index in [2.05, 4.69) is 48.1 Å². The smallest absolute Gasteiger partial charge is 0.00745 e. The first-order chi connectivity index (χ1) is 5.25. The van der Waals surface area contributed by atoms with Crippen molar-refractivity contribution >= 4 is 11.8 Å². The summed E-state index contributed by atoms with van der Waals surface area (Å²) in [6.07, 6.45) is 0. The van der Waals surface area contributed by atoms with Gasteiger partial charge in [0.2, 0.25) is 0 Å². The van der Waals surface area contributed by atoms with Gasteiger partial charge in [-0.1, -0.05) is 44.7 Å². The van der Waals surface area contributed by atoms with Gasteiger partial charge in [-0.3, -0.25) is 0 Å². The minimum Gasteiger partial charge on any atom is -0.0994 e. The summed E-state index contributed by atoms with van der Waals surface area (Å²) in [4.78, 5) is 2.61. The van der Waals surface area contributed by atoms with E-state index in [9.17, 15) is 0 Å². The molecular formula is C11H20S. The summed E-state index contributed by atoms with van der Waals surface area (Å²) in [5.41, 5.74) is 1.59. The Balaban J connectivity index is 4.32. The lowest BCUT2D eigenvalue weighted by Gasteiger charge is -2.21. The summed E-state index contributed by atoms with van der Waals surface area (Å²) in [5.74, 6) is 0. The van der Waals surface area contributed by atoms with Crippen molar-refractivity contribution in [3.05, 3.63) is 22.0 Å². The standard InChI is InChI=1S/C11H20S/c1-8(2)9(3)12-10(4)11(5,6)7/h4H2,1-3,5-7H3. The van der Waals surface area contributed by atoms with Gasteiger partial charge < -0.3 is 0 Å². The first-order valence-electron chi connectivity index (χ1n) is 4.26. The molecule has 70 valence electrons. The van der Waals surface area contributed by atoms with Crippen molar-refractivity contribution in [1.82, 2.24) is 0 Å². The van der Waals surface area contributed by atoms with Crippen molar-refractivity contribution in [2.45, 2.75) is 41.5 Å². The fraction of sp³-hybridized carbons (Fsp3) is 0.636. The van der Waals surface area contributed by atoms with Gasteiger partial charge in [0.1, 0.15) is 0 Å². The molecule has 0 spiro atoms. The van der Waals surface area contributed by atoms with Crippen LogP contribution in [0.15, 0.2) is 22.0 Å². The van der Waals surface area contributed by atoms with Crippen LogP contribution >= 0.6 is 11.8 Å². The minimum absolute atomic E-state index is 0.210. The van der Waals surface area contributed by atoms with Crippen LogP contribution in [-0.4, -0.2) is 0 Å². The van der Waals surface area contributed by atoms with Gasteiger partial charge in [-0.2, -0.15) is 0 Å².